The average molecular weight is 348 g/mol. The first-order valence-electron chi connectivity index (χ1n) is 9.15. The van der Waals surface area contributed by atoms with E-state index in [1.54, 1.807) is 4.90 Å². The largest absolute Gasteiger partial charge is 0.351 e. The molecule has 0 unspecified atom stereocenters. The van der Waals surface area contributed by atoms with Gasteiger partial charge in [-0.1, -0.05) is 30.3 Å². The number of hydrogen-bond acceptors (Lipinski definition) is 2. The lowest BCUT2D eigenvalue weighted by molar-refractivity contribution is -0.127. The van der Waals surface area contributed by atoms with Crippen molar-refractivity contribution in [2.45, 2.75) is 39.2 Å². The van der Waals surface area contributed by atoms with Crippen LogP contribution in [0.2, 0.25) is 0 Å². The highest BCUT2D eigenvalue weighted by Gasteiger charge is 2.36. The van der Waals surface area contributed by atoms with E-state index in [9.17, 15) is 9.59 Å². The van der Waals surface area contributed by atoms with Gasteiger partial charge in [0.2, 0.25) is 11.8 Å². The molecule has 0 radical (unpaired) electrons. The van der Waals surface area contributed by atoms with Crippen LogP contribution in [0, 0.1) is 5.92 Å². The first kappa shape index (κ1) is 16.8. The van der Waals surface area contributed by atoms with Gasteiger partial charge in [-0.05, 0) is 61.6 Å². The Morgan fingerprint density at radius 1 is 1.08 bits per heavy atom. The highest BCUT2D eigenvalue weighted by Crippen LogP contribution is 2.39. The normalized spacial score (nSPS) is 18.7. The Morgan fingerprint density at radius 2 is 1.81 bits per heavy atom. The van der Waals surface area contributed by atoms with Crippen molar-refractivity contribution in [3.05, 3.63) is 53.6 Å². The zero-order valence-corrected chi connectivity index (χ0v) is 15.5. The van der Waals surface area contributed by atoms with E-state index in [1.807, 2.05) is 26.8 Å². The summed E-state index contributed by atoms with van der Waals surface area (Å²) in [6, 6.07) is 14.6. The van der Waals surface area contributed by atoms with Crippen LogP contribution in [0.3, 0.4) is 0 Å². The number of fused-ring (bicyclic) bond motifs is 3. The minimum atomic E-state index is -0.285. The number of nitrogens with zero attached hydrogens (tertiary/aromatic N) is 1. The molecule has 26 heavy (non-hydrogen) atoms. The SMILES string of the molecule is CC(C)(C)NC(=O)[C@@H]1CC(=O)N(c2ccc3c(c2)Cc2ccccc2-3)C1. The van der Waals surface area contributed by atoms with E-state index in [2.05, 4.69) is 41.7 Å². The molecule has 4 heteroatoms. The number of anilines is 1. The highest BCUT2D eigenvalue weighted by molar-refractivity contribution is 6.00. The van der Waals surface area contributed by atoms with Crippen LogP contribution in [-0.4, -0.2) is 23.9 Å². The number of nitrogens with one attached hydrogen (secondary N) is 1. The molecular weight excluding hydrogens is 324 g/mol. The lowest BCUT2D eigenvalue weighted by Crippen LogP contribution is -2.44. The maximum atomic E-state index is 12.5. The van der Waals surface area contributed by atoms with Gasteiger partial charge in [-0.15, -0.1) is 0 Å². The third kappa shape index (κ3) is 3.00. The zero-order chi connectivity index (χ0) is 18.5. The van der Waals surface area contributed by atoms with Gasteiger partial charge in [-0.2, -0.15) is 0 Å². The van der Waals surface area contributed by atoms with Crippen molar-refractivity contribution in [2.75, 3.05) is 11.4 Å². The van der Waals surface area contributed by atoms with Crippen LogP contribution < -0.4 is 10.2 Å². The molecule has 1 atom stereocenters. The molecule has 2 aromatic carbocycles. The zero-order valence-electron chi connectivity index (χ0n) is 15.5. The van der Waals surface area contributed by atoms with Crippen molar-refractivity contribution in [3.8, 4) is 11.1 Å². The number of hydrogen-bond donors (Lipinski definition) is 1. The number of carbonyl (C=O) groups is 2. The Hall–Kier alpha value is -2.62. The summed E-state index contributed by atoms with van der Waals surface area (Å²) in [7, 11) is 0. The Labute approximate surface area is 154 Å². The lowest BCUT2D eigenvalue weighted by Gasteiger charge is -2.23. The van der Waals surface area contributed by atoms with Crippen LogP contribution >= 0.6 is 0 Å². The van der Waals surface area contributed by atoms with E-state index in [1.165, 1.54) is 22.3 Å². The molecule has 4 rings (SSSR count). The van der Waals surface area contributed by atoms with Gasteiger partial charge in [0.1, 0.15) is 0 Å². The fourth-order valence-corrected chi connectivity index (χ4v) is 3.90. The van der Waals surface area contributed by atoms with Gasteiger partial charge in [0.15, 0.2) is 0 Å². The quantitative estimate of drug-likeness (QED) is 0.770. The monoisotopic (exact) mass is 348 g/mol. The molecule has 1 fully saturated rings. The third-order valence-corrected chi connectivity index (χ3v) is 5.08. The van der Waals surface area contributed by atoms with Crippen LogP contribution in [0.4, 0.5) is 5.69 Å². The van der Waals surface area contributed by atoms with Gasteiger partial charge in [0, 0.05) is 24.2 Å². The van der Waals surface area contributed by atoms with Crippen molar-refractivity contribution >= 4 is 17.5 Å². The van der Waals surface area contributed by atoms with Gasteiger partial charge in [0.25, 0.3) is 0 Å². The second-order valence-corrected chi connectivity index (χ2v) is 8.32. The van der Waals surface area contributed by atoms with E-state index >= 15 is 0 Å². The van der Waals surface area contributed by atoms with Crippen molar-refractivity contribution in [1.82, 2.24) is 5.32 Å². The maximum Gasteiger partial charge on any atom is 0.227 e. The van der Waals surface area contributed by atoms with Gasteiger partial charge in [-0.3, -0.25) is 9.59 Å². The summed E-state index contributed by atoms with van der Waals surface area (Å²) in [4.78, 5) is 26.7. The van der Waals surface area contributed by atoms with Crippen molar-refractivity contribution in [3.63, 3.8) is 0 Å². The van der Waals surface area contributed by atoms with Crippen LogP contribution in [0.15, 0.2) is 42.5 Å². The molecule has 2 amide bonds. The molecule has 2 aliphatic rings. The summed E-state index contributed by atoms with van der Waals surface area (Å²) in [6.45, 7) is 6.32. The van der Waals surface area contributed by atoms with E-state index < -0.39 is 0 Å². The molecule has 1 heterocycles. The molecule has 1 N–H and O–H groups in total. The topological polar surface area (TPSA) is 49.4 Å². The third-order valence-electron chi connectivity index (χ3n) is 5.08. The summed E-state index contributed by atoms with van der Waals surface area (Å²) in [5.74, 6) is -0.302. The predicted molar refractivity (Wildman–Crippen MR) is 103 cm³/mol. The average Bonchev–Trinajstić information content (AvgIpc) is 3.13. The molecule has 134 valence electrons. The molecular formula is C22H24N2O2. The van der Waals surface area contributed by atoms with E-state index in [-0.39, 0.29) is 29.7 Å². The van der Waals surface area contributed by atoms with Gasteiger partial charge in [0.05, 0.1) is 5.92 Å². The first-order valence-corrected chi connectivity index (χ1v) is 9.15. The summed E-state index contributed by atoms with van der Waals surface area (Å²) in [6.07, 6.45) is 1.18. The number of rotatable bonds is 2. The summed E-state index contributed by atoms with van der Waals surface area (Å²) in [5.41, 5.74) is 5.72. The second kappa shape index (κ2) is 5.97. The molecule has 0 aromatic heterocycles. The Balaban J connectivity index is 1.55. The minimum Gasteiger partial charge on any atom is -0.351 e. The summed E-state index contributed by atoms with van der Waals surface area (Å²) < 4.78 is 0. The fourth-order valence-electron chi connectivity index (χ4n) is 3.90. The Bertz CT molecular complexity index is 895. The number of amides is 2. The van der Waals surface area contributed by atoms with Gasteiger partial charge >= 0.3 is 0 Å². The van der Waals surface area contributed by atoms with E-state index in [0.29, 0.717) is 6.54 Å². The van der Waals surface area contributed by atoms with Crippen LogP contribution in [0.25, 0.3) is 11.1 Å². The summed E-state index contributed by atoms with van der Waals surface area (Å²) in [5, 5.41) is 2.99. The lowest BCUT2D eigenvalue weighted by atomic mass is 10.0. The molecule has 2 aromatic rings. The first-order chi connectivity index (χ1) is 12.3. The molecule has 4 nitrogen and oxygen atoms in total. The van der Waals surface area contributed by atoms with Gasteiger partial charge in [-0.25, -0.2) is 0 Å². The van der Waals surface area contributed by atoms with Crippen molar-refractivity contribution in [2.24, 2.45) is 5.92 Å². The minimum absolute atomic E-state index is 0.0227. The molecule has 1 aliphatic carbocycles. The Kier molecular flexibility index (Phi) is 3.87. The van der Waals surface area contributed by atoms with Crippen LogP contribution in [-0.2, 0) is 16.0 Å². The highest BCUT2D eigenvalue weighted by atomic mass is 16.2. The second-order valence-electron chi connectivity index (χ2n) is 8.32. The number of benzene rings is 2. The van der Waals surface area contributed by atoms with E-state index in [4.69, 9.17) is 0 Å². The molecule has 1 aliphatic heterocycles. The van der Waals surface area contributed by atoms with Gasteiger partial charge < -0.3 is 10.2 Å². The van der Waals surface area contributed by atoms with E-state index in [0.717, 1.165) is 12.1 Å². The number of carbonyl (C=O) groups excluding carboxylic acids is 2. The standard InChI is InChI=1S/C22H24N2O2/c1-22(2,3)23-21(26)16-12-20(25)24(13-16)17-8-9-19-15(11-17)10-14-6-4-5-7-18(14)19/h4-9,11,16H,10,12-13H2,1-3H3,(H,23,26)/t16-/m1/s1. The van der Waals surface area contributed by atoms with Crippen molar-refractivity contribution in [1.29, 1.82) is 0 Å². The molecule has 0 saturated carbocycles. The molecule has 1 saturated heterocycles. The molecule has 0 spiro atoms. The fraction of sp³-hybridized carbons (Fsp3) is 0.364. The maximum absolute atomic E-state index is 12.5. The summed E-state index contributed by atoms with van der Waals surface area (Å²) >= 11 is 0. The molecule has 0 bridgehead atoms. The predicted octanol–water partition coefficient (Wildman–Crippen LogP) is 3.53. The Morgan fingerprint density at radius 3 is 2.58 bits per heavy atom. The smallest absolute Gasteiger partial charge is 0.227 e. The van der Waals surface area contributed by atoms with Crippen molar-refractivity contribution < 1.29 is 9.59 Å². The van der Waals surface area contributed by atoms with Crippen LogP contribution in [0.5, 0.6) is 0 Å². The van der Waals surface area contributed by atoms with Crippen LogP contribution in [0.1, 0.15) is 38.3 Å².